The first-order valence-electron chi connectivity index (χ1n) is 9.61. The van der Waals surface area contributed by atoms with Gasteiger partial charge in [0.05, 0.1) is 12.5 Å². The molecular weight excluding hydrogens is 397 g/mol. The van der Waals surface area contributed by atoms with Crippen molar-refractivity contribution < 1.29 is 27.1 Å². The summed E-state index contributed by atoms with van der Waals surface area (Å²) in [7, 11) is -3.93. The SMILES string of the molecule is CCCOc1ccccc1OC(=O)C1CCN(S(=O)(=O)c2ccccc2F)CC1. The molecule has 1 aliphatic heterocycles. The zero-order chi connectivity index (χ0) is 20.9. The van der Waals surface area contributed by atoms with Crippen LogP contribution in [0.2, 0.25) is 0 Å². The summed E-state index contributed by atoms with van der Waals surface area (Å²) < 4.78 is 51.6. The first-order valence-corrected chi connectivity index (χ1v) is 11.1. The van der Waals surface area contributed by atoms with Crippen LogP contribution < -0.4 is 9.47 Å². The molecule has 0 aromatic heterocycles. The van der Waals surface area contributed by atoms with Crippen molar-refractivity contribution in [1.29, 1.82) is 0 Å². The number of carbonyl (C=O) groups excluding carboxylic acids is 1. The average Bonchev–Trinajstić information content (AvgIpc) is 2.73. The van der Waals surface area contributed by atoms with Gasteiger partial charge < -0.3 is 9.47 Å². The first kappa shape index (κ1) is 21.3. The molecule has 2 aromatic rings. The maximum atomic E-state index is 13.9. The minimum Gasteiger partial charge on any atom is -0.490 e. The molecular formula is C21H24FNO5S. The predicted octanol–water partition coefficient (Wildman–Crippen LogP) is 3.62. The van der Waals surface area contributed by atoms with Crippen LogP contribution in [0.15, 0.2) is 53.4 Å². The number of carbonyl (C=O) groups is 1. The lowest BCUT2D eigenvalue weighted by atomic mass is 9.98. The Hall–Kier alpha value is -2.45. The highest BCUT2D eigenvalue weighted by atomic mass is 32.2. The average molecular weight is 421 g/mol. The molecule has 0 atom stereocenters. The predicted molar refractivity (Wildman–Crippen MR) is 106 cm³/mol. The van der Waals surface area contributed by atoms with Gasteiger partial charge in [0.15, 0.2) is 11.5 Å². The Bertz CT molecular complexity index is 955. The van der Waals surface area contributed by atoms with Gasteiger partial charge in [0.2, 0.25) is 10.0 Å². The minimum absolute atomic E-state index is 0.129. The van der Waals surface area contributed by atoms with Crippen LogP contribution in [-0.4, -0.2) is 38.4 Å². The van der Waals surface area contributed by atoms with Gasteiger partial charge in [-0.15, -0.1) is 0 Å². The molecule has 6 nitrogen and oxygen atoms in total. The lowest BCUT2D eigenvalue weighted by molar-refractivity contribution is -0.140. The molecule has 1 saturated heterocycles. The van der Waals surface area contributed by atoms with Gasteiger partial charge in [0.25, 0.3) is 0 Å². The molecule has 0 saturated carbocycles. The Morgan fingerprint density at radius 1 is 1.07 bits per heavy atom. The number of para-hydroxylation sites is 2. The van der Waals surface area contributed by atoms with Crippen LogP contribution in [0.5, 0.6) is 11.5 Å². The third-order valence-electron chi connectivity index (χ3n) is 4.76. The summed E-state index contributed by atoms with van der Waals surface area (Å²) >= 11 is 0. The van der Waals surface area contributed by atoms with Gasteiger partial charge in [-0.2, -0.15) is 4.31 Å². The maximum absolute atomic E-state index is 13.9. The summed E-state index contributed by atoms with van der Waals surface area (Å²) in [5, 5.41) is 0. The van der Waals surface area contributed by atoms with Crippen molar-refractivity contribution >= 4 is 16.0 Å². The van der Waals surface area contributed by atoms with E-state index in [2.05, 4.69) is 0 Å². The molecule has 1 fully saturated rings. The van der Waals surface area contributed by atoms with Crippen LogP contribution in [0, 0.1) is 11.7 Å². The zero-order valence-electron chi connectivity index (χ0n) is 16.2. The number of rotatable bonds is 7. The second-order valence-electron chi connectivity index (χ2n) is 6.83. The number of esters is 1. The van der Waals surface area contributed by atoms with Gasteiger partial charge in [-0.1, -0.05) is 31.2 Å². The van der Waals surface area contributed by atoms with E-state index in [0.29, 0.717) is 30.9 Å². The van der Waals surface area contributed by atoms with E-state index in [9.17, 15) is 17.6 Å². The number of hydrogen-bond donors (Lipinski definition) is 0. The molecule has 0 unspecified atom stereocenters. The second kappa shape index (κ2) is 9.37. The molecule has 8 heteroatoms. The monoisotopic (exact) mass is 421 g/mol. The highest BCUT2D eigenvalue weighted by Crippen LogP contribution is 2.30. The van der Waals surface area contributed by atoms with E-state index in [-0.39, 0.29) is 18.0 Å². The van der Waals surface area contributed by atoms with Crippen molar-refractivity contribution in [2.24, 2.45) is 5.92 Å². The standard InChI is InChI=1S/C21H24FNO5S/c1-2-15-27-18-8-4-5-9-19(18)28-21(24)16-11-13-23(14-12-16)29(25,26)20-10-6-3-7-17(20)22/h3-10,16H,2,11-15H2,1H3. The van der Waals surface area contributed by atoms with Gasteiger partial charge >= 0.3 is 5.97 Å². The van der Waals surface area contributed by atoms with Crippen molar-refractivity contribution in [2.75, 3.05) is 19.7 Å². The Morgan fingerprint density at radius 2 is 1.69 bits per heavy atom. The molecule has 0 amide bonds. The molecule has 1 aliphatic rings. The Labute approximate surface area is 170 Å². The van der Waals surface area contributed by atoms with Gasteiger partial charge in [-0.05, 0) is 43.5 Å². The van der Waals surface area contributed by atoms with Crippen LogP contribution in [0.25, 0.3) is 0 Å². The minimum atomic E-state index is -3.93. The van der Waals surface area contributed by atoms with E-state index in [1.807, 2.05) is 6.92 Å². The van der Waals surface area contributed by atoms with Gasteiger partial charge in [-0.25, -0.2) is 12.8 Å². The van der Waals surface area contributed by atoms with Gasteiger partial charge in [0.1, 0.15) is 10.7 Å². The molecule has 3 rings (SSSR count). The van der Waals surface area contributed by atoms with Crippen LogP contribution >= 0.6 is 0 Å². The van der Waals surface area contributed by atoms with E-state index in [1.54, 1.807) is 24.3 Å². The third-order valence-corrected chi connectivity index (χ3v) is 6.70. The fraction of sp³-hybridized carbons (Fsp3) is 0.381. The van der Waals surface area contributed by atoms with Crippen molar-refractivity contribution in [3.63, 3.8) is 0 Å². The highest BCUT2D eigenvalue weighted by Gasteiger charge is 2.34. The number of piperidine rings is 1. The number of ether oxygens (including phenoxy) is 2. The van der Waals surface area contributed by atoms with Crippen LogP contribution in [-0.2, 0) is 14.8 Å². The van der Waals surface area contributed by atoms with Crippen LogP contribution in [0.3, 0.4) is 0 Å². The lowest BCUT2D eigenvalue weighted by Crippen LogP contribution is -2.41. The van der Waals surface area contributed by atoms with E-state index in [0.717, 1.165) is 12.5 Å². The smallest absolute Gasteiger partial charge is 0.314 e. The van der Waals surface area contributed by atoms with E-state index in [4.69, 9.17) is 9.47 Å². The summed E-state index contributed by atoms with van der Waals surface area (Å²) in [4.78, 5) is 12.2. The second-order valence-corrected chi connectivity index (χ2v) is 8.73. The summed E-state index contributed by atoms with van der Waals surface area (Å²) in [5.41, 5.74) is 0. The number of halogens is 1. The fourth-order valence-electron chi connectivity index (χ4n) is 3.18. The molecule has 1 heterocycles. The normalized spacial score (nSPS) is 15.8. The fourth-order valence-corrected chi connectivity index (χ4v) is 4.72. The van der Waals surface area contributed by atoms with E-state index in [1.165, 1.54) is 22.5 Å². The summed E-state index contributed by atoms with van der Waals surface area (Å²) in [5.74, 6) is -0.769. The number of benzene rings is 2. The molecule has 0 radical (unpaired) electrons. The lowest BCUT2D eigenvalue weighted by Gasteiger charge is -2.30. The zero-order valence-corrected chi connectivity index (χ0v) is 17.0. The largest absolute Gasteiger partial charge is 0.490 e. The Kier molecular flexibility index (Phi) is 6.87. The third kappa shape index (κ3) is 4.94. The van der Waals surface area contributed by atoms with Crippen LogP contribution in [0.4, 0.5) is 4.39 Å². The molecule has 0 aliphatic carbocycles. The van der Waals surface area contributed by atoms with Crippen molar-refractivity contribution in [2.45, 2.75) is 31.1 Å². The Balaban J connectivity index is 1.63. The molecule has 0 bridgehead atoms. The van der Waals surface area contributed by atoms with Crippen molar-refractivity contribution in [3.05, 3.63) is 54.3 Å². The molecule has 29 heavy (non-hydrogen) atoms. The molecule has 2 aromatic carbocycles. The Morgan fingerprint density at radius 3 is 2.34 bits per heavy atom. The van der Waals surface area contributed by atoms with Crippen molar-refractivity contribution in [1.82, 2.24) is 4.31 Å². The summed E-state index contributed by atoms with van der Waals surface area (Å²) in [6, 6.07) is 12.3. The van der Waals surface area contributed by atoms with E-state index < -0.39 is 27.7 Å². The molecule has 156 valence electrons. The van der Waals surface area contributed by atoms with Gasteiger partial charge in [0, 0.05) is 13.1 Å². The quantitative estimate of drug-likeness (QED) is 0.504. The summed E-state index contributed by atoms with van der Waals surface area (Å²) in [6.07, 6.45) is 1.45. The van der Waals surface area contributed by atoms with Crippen molar-refractivity contribution in [3.8, 4) is 11.5 Å². The van der Waals surface area contributed by atoms with Crippen LogP contribution in [0.1, 0.15) is 26.2 Å². The highest BCUT2D eigenvalue weighted by molar-refractivity contribution is 7.89. The topological polar surface area (TPSA) is 72.9 Å². The number of sulfonamides is 1. The number of hydrogen-bond acceptors (Lipinski definition) is 5. The molecule has 0 N–H and O–H groups in total. The van der Waals surface area contributed by atoms with Gasteiger partial charge in [-0.3, -0.25) is 4.79 Å². The summed E-state index contributed by atoms with van der Waals surface area (Å²) in [6.45, 7) is 2.76. The number of nitrogens with zero attached hydrogens (tertiary/aromatic N) is 1. The first-order chi connectivity index (χ1) is 13.9. The maximum Gasteiger partial charge on any atom is 0.314 e. The molecule has 0 spiro atoms. The van der Waals surface area contributed by atoms with E-state index >= 15 is 0 Å².